The Balaban J connectivity index is 2.62. The largest absolute Gasteiger partial charge is 0.399 e. The van der Waals surface area contributed by atoms with Crippen molar-refractivity contribution in [2.75, 3.05) is 12.3 Å². The van der Waals surface area contributed by atoms with Crippen molar-refractivity contribution in [1.82, 2.24) is 0 Å². The maximum absolute atomic E-state index is 5.89. The molecule has 4 N–H and O–H groups in total. The molecule has 0 aromatic heterocycles. The van der Waals surface area contributed by atoms with Gasteiger partial charge in [-0.2, -0.15) is 0 Å². The fraction of sp³-hybridized carbons (Fsp3) is 0.133. The number of rotatable bonds is 6. The topological polar surface area (TPSA) is 64.4 Å². The van der Waals surface area contributed by atoms with E-state index in [1.807, 2.05) is 30.3 Å². The summed E-state index contributed by atoms with van der Waals surface area (Å²) < 4.78 is 0. The van der Waals surface area contributed by atoms with Gasteiger partial charge in [-0.15, -0.1) is 0 Å². The van der Waals surface area contributed by atoms with Crippen LogP contribution in [0.3, 0.4) is 0 Å². The van der Waals surface area contributed by atoms with Crippen molar-refractivity contribution in [2.45, 2.75) is 6.42 Å². The summed E-state index contributed by atoms with van der Waals surface area (Å²) in [5.74, 6) is 0.525. The molecule has 0 aliphatic rings. The molecule has 0 radical (unpaired) electrons. The molecule has 0 fully saturated rings. The van der Waals surface area contributed by atoms with Crippen molar-refractivity contribution in [1.29, 1.82) is 0 Å². The predicted molar refractivity (Wildman–Crippen MR) is 79.5 cm³/mol. The molecule has 0 atom stereocenters. The monoisotopic (exact) mass is 241 g/mol. The van der Waals surface area contributed by atoms with E-state index in [1.54, 1.807) is 12.2 Å². The Labute approximate surface area is 108 Å². The third-order valence-electron chi connectivity index (χ3n) is 2.48. The third kappa shape index (κ3) is 4.29. The molecule has 0 saturated heterocycles. The number of allylic oxidation sites excluding steroid dienone is 3. The minimum Gasteiger partial charge on any atom is -0.399 e. The lowest BCUT2D eigenvalue weighted by atomic mass is 10.1. The standard InChI is InChI=1S/C15H19N3/c1-3-5-12(4-2)10-11-18-15(17)13-6-8-14(16)9-7-13/h3-9H,1-2,10-11,16H2,(H2,17,18)/b12-5+. The zero-order chi connectivity index (χ0) is 13.4. The van der Waals surface area contributed by atoms with Crippen LogP contribution in [0.2, 0.25) is 0 Å². The lowest BCUT2D eigenvalue weighted by molar-refractivity contribution is 0.971. The Bertz CT molecular complexity index is 467. The van der Waals surface area contributed by atoms with Crippen molar-refractivity contribution in [3.05, 3.63) is 66.8 Å². The smallest absolute Gasteiger partial charge is 0.125 e. The second kappa shape index (κ2) is 7.12. The van der Waals surface area contributed by atoms with Gasteiger partial charge in [0.25, 0.3) is 0 Å². The molecule has 94 valence electrons. The Morgan fingerprint density at radius 2 is 1.89 bits per heavy atom. The molecule has 3 nitrogen and oxygen atoms in total. The zero-order valence-electron chi connectivity index (χ0n) is 10.5. The number of nitrogen functional groups attached to an aromatic ring is 1. The highest BCUT2D eigenvalue weighted by Gasteiger charge is 1.97. The summed E-state index contributed by atoms with van der Waals surface area (Å²) in [6, 6.07) is 7.35. The number of hydrogen-bond acceptors (Lipinski definition) is 2. The van der Waals surface area contributed by atoms with E-state index in [9.17, 15) is 0 Å². The van der Waals surface area contributed by atoms with Gasteiger partial charge in [0.2, 0.25) is 0 Å². The highest BCUT2D eigenvalue weighted by atomic mass is 14.8. The van der Waals surface area contributed by atoms with E-state index in [0.29, 0.717) is 12.4 Å². The van der Waals surface area contributed by atoms with Gasteiger partial charge in [0.1, 0.15) is 5.84 Å². The molecule has 1 rings (SSSR count). The lowest BCUT2D eigenvalue weighted by Gasteiger charge is -2.02. The van der Waals surface area contributed by atoms with Crippen LogP contribution < -0.4 is 11.5 Å². The molecule has 0 saturated carbocycles. The van der Waals surface area contributed by atoms with E-state index in [1.165, 1.54) is 0 Å². The molecular formula is C15H19N3. The van der Waals surface area contributed by atoms with E-state index in [2.05, 4.69) is 18.2 Å². The van der Waals surface area contributed by atoms with E-state index < -0.39 is 0 Å². The first-order chi connectivity index (χ1) is 8.67. The number of nitrogens with two attached hydrogens (primary N) is 2. The van der Waals surface area contributed by atoms with Gasteiger partial charge in [-0.05, 0) is 36.3 Å². The average molecular weight is 241 g/mol. The van der Waals surface area contributed by atoms with Crippen LogP contribution in [0.5, 0.6) is 0 Å². The number of anilines is 1. The third-order valence-corrected chi connectivity index (χ3v) is 2.48. The van der Waals surface area contributed by atoms with Crippen molar-refractivity contribution < 1.29 is 0 Å². The molecule has 1 aromatic carbocycles. The van der Waals surface area contributed by atoms with Gasteiger partial charge in [-0.1, -0.05) is 31.4 Å². The van der Waals surface area contributed by atoms with E-state index in [-0.39, 0.29) is 0 Å². The van der Waals surface area contributed by atoms with E-state index in [4.69, 9.17) is 11.5 Å². The maximum atomic E-state index is 5.89. The normalized spacial score (nSPS) is 12.2. The van der Waals surface area contributed by atoms with Crippen molar-refractivity contribution in [2.24, 2.45) is 10.7 Å². The molecule has 3 heteroatoms. The van der Waals surface area contributed by atoms with Crippen molar-refractivity contribution in [3.8, 4) is 0 Å². The minimum atomic E-state index is 0.525. The summed E-state index contributed by atoms with van der Waals surface area (Å²) in [5.41, 5.74) is 14.2. The highest BCUT2D eigenvalue weighted by molar-refractivity contribution is 5.97. The number of amidine groups is 1. The Hall–Kier alpha value is -2.29. The first-order valence-corrected chi connectivity index (χ1v) is 5.77. The van der Waals surface area contributed by atoms with Crippen LogP contribution in [-0.4, -0.2) is 12.4 Å². The van der Waals surface area contributed by atoms with Crippen LogP contribution in [-0.2, 0) is 0 Å². The number of aliphatic imine (C=N–C) groups is 1. The second-order valence-corrected chi connectivity index (χ2v) is 3.82. The van der Waals surface area contributed by atoms with Gasteiger partial charge in [-0.25, -0.2) is 0 Å². The Kier molecular flexibility index (Phi) is 5.45. The Morgan fingerprint density at radius 1 is 1.22 bits per heavy atom. The summed E-state index contributed by atoms with van der Waals surface area (Å²) in [6.07, 6.45) is 6.26. The molecule has 0 spiro atoms. The van der Waals surface area contributed by atoms with Crippen LogP contribution in [0.15, 0.2) is 66.2 Å². The molecule has 0 amide bonds. The van der Waals surface area contributed by atoms with Crippen LogP contribution in [0.25, 0.3) is 0 Å². The molecular weight excluding hydrogens is 222 g/mol. The van der Waals surface area contributed by atoms with Gasteiger partial charge < -0.3 is 11.5 Å². The minimum absolute atomic E-state index is 0.525. The van der Waals surface area contributed by atoms with E-state index >= 15 is 0 Å². The van der Waals surface area contributed by atoms with Gasteiger partial charge in [0.15, 0.2) is 0 Å². The molecule has 0 aliphatic carbocycles. The first kappa shape index (κ1) is 13.8. The van der Waals surface area contributed by atoms with Crippen molar-refractivity contribution >= 4 is 11.5 Å². The van der Waals surface area contributed by atoms with E-state index in [0.717, 1.165) is 23.2 Å². The predicted octanol–water partition coefficient (Wildman–Crippen LogP) is 2.66. The highest BCUT2D eigenvalue weighted by Crippen LogP contribution is 2.06. The summed E-state index contributed by atoms with van der Waals surface area (Å²) in [7, 11) is 0. The molecule has 18 heavy (non-hydrogen) atoms. The Morgan fingerprint density at radius 3 is 2.44 bits per heavy atom. The summed E-state index contributed by atoms with van der Waals surface area (Å²) in [5, 5.41) is 0. The molecule has 0 unspecified atom stereocenters. The molecule has 0 bridgehead atoms. The quantitative estimate of drug-likeness (QED) is 0.348. The van der Waals surface area contributed by atoms with Gasteiger partial charge in [0.05, 0.1) is 0 Å². The van der Waals surface area contributed by atoms with Crippen molar-refractivity contribution in [3.63, 3.8) is 0 Å². The number of benzene rings is 1. The summed E-state index contributed by atoms with van der Waals surface area (Å²) in [6.45, 7) is 8.01. The van der Waals surface area contributed by atoms with Crippen LogP contribution in [0, 0.1) is 0 Å². The first-order valence-electron chi connectivity index (χ1n) is 5.77. The average Bonchev–Trinajstić information content (AvgIpc) is 2.38. The van der Waals surface area contributed by atoms with Crippen LogP contribution >= 0.6 is 0 Å². The lowest BCUT2D eigenvalue weighted by Crippen LogP contribution is -2.14. The second-order valence-electron chi connectivity index (χ2n) is 3.82. The zero-order valence-corrected chi connectivity index (χ0v) is 10.5. The fourth-order valence-corrected chi connectivity index (χ4v) is 1.46. The van der Waals surface area contributed by atoms with Crippen LogP contribution in [0.1, 0.15) is 12.0 Å². The molecule has 0 heterocycles. The van der Waals surface area contributed by atoms with Crippen LogP contribution in [0.4, 0.5) is 5.69 Å². The number of nitrogens with zero attached hydrogens (tertiary/aromatic N) is 1. The summed E-state index contributed by atoms with van der Waals surface area (Å²) >= 11 is 0. The SMILES string of the molecule is C=C/C=C(\C=C)CCN=C(N)c1ccc(N)cc1. The molecule has 0 aliphatic heterocycles. The summed E-state index contributed by atoms with van der Waals surface area (Å²) in [4.78, 5) is 4.32. The maximum Gasteiger partial charge on any atom is 0.125 e. The van der Waals surface area contributed by atoms with Gasteiger partial charge in [-0.3, -0.25) is 4.99 Å². The number of hydrogen-bond donors (Lipinski definition) is 2. The molecule has 1 aromatic rings. The van der Waals surface area contributed by atoms with Gasteiger partial charge in [0, 0.05) is 17.8 Å². The van der Waals surface area contributed by atoms with Gasteiger partial charge >= 0.3 is 0 Å². The fourth-order valence-electron chi connectivity index (χ4n) is 1.46.